The molecular formula is C13H14Br2N2O2S2. The molecule has 0 saturated heterocycles. The van der Waals surface area contributed by atoms with E-state index in [0.717, 1.165) is 14.0 Å². The van der Waals surface area contributed by atoms with Crippen molar-refractivity contribution in [1.82, 2.24) is 9.29 Å². The molecule has 114 valence electrons. The minimum atomic E-state index is -3.46. The molecule has 0 unspecified atom stereocenters. The molecule has 2 aromatic heterocycles. The SMILES string of the molecule is CCN(CCc1ccccn1)S(=O)(=O)c1cc(Br)c(Br)s1. The van der Waals surface area contributed by atoms with Crippen LogP contribution in [0.1, 0.15) is 12.6 Å². The molecule has 0 aliphatic heterocycles. The van der Waals surface area contributed by atoms with Crippen molar-refractivity contribution in [1.29, 1.82) is 0 Å². The fourth-order valence-corrected chi connectivity index (χ4v) is 6.24. The lowest BCUT2D eigenvalue weighted by molar-refractivity contribution is 0.431. The number of pyridine rings is 1. The van der Waals surface area contributed by atoms with Crippen LogP contribution in [0.2, 0.25) is 0 Å². The lowest BCUT2D eigenvalue weighted by Gasteiger charge is -2.19. The molecule has 0 bridgehead atoms. The number of thiophene rings is 1. The topological polar surface area (TPSA) is 50.3 Å². The van der Waals surface area contributed by atoms with Crippen LogP contribution in [0, 0.1) is 0 Å². The van der Waals surface area contributed by atoms with Crippen molar-refractivity contribution in [2.45, 2.75) is 17.6 Å². The molecular weight excluding hydrogens is 440 g/mol. The molecule has 0 amide bonds. The molecule has 0 atom stereocenters. The fourth-order valence-electron chi connectivity index (χ4n) is 1.81. The minimum Gasteiger partial charge on any atom is -0.261 e. The van der Waals surface area contributed by atoms with E-state index in [9.17, 15) is 8.42 Å². The fraction of sp³-hybridized carbons (Fsp3) is 0.308. The highest BCUT2D eigenvalue weighted by molar-refractivity contribution is 9.13. The highest BCUT2D eigenvalue weighted by atomic mass is 79.9. The lowest BCUT2D eigenvalue weighted by Crippen LogP contribution is -2.32. The second kappa shape index (κ2) is 7.32. The van der Waals surface area contributed by atoms with E-state index >= 15 is 0 Å². The zero-order valence-electron chi connectivity index (χ0n) is 11.3. The third kappa shape index (κ3) is 4.13. The van der Waals surface area contributed by atoms with Crippen LogP contribution in [0.25, 0.3) is 0 Å². The van der Waals surface area contributed by atoms with E-state index in [1.165, 1.54) is 15.6 Å². The second-order valence-electron chi connectivity index (χ2n) is 4.25. The predicted octanol–water partition coefficient (Wildman–Crippen LogP) is 3.92. The van der Waals surface area contributed by atoms with Crippen molar-refractivity contribution in [3.63, 3.8) is 0 Å². The van der Waals surface area contributed by atoms with E-state index in [2.05, 4.69) is 36.8 Å². The number of likely N-dealkylation sites (N-methyl/N-ethyl adjacent to an activating group) is 1. The second-order valence-corrected chi connectivity index (χ2v) is 9.64. The summed E-state index contributed by atoms with van der Waals surface area (Å²) in [4.78, 5) is 4.22. The Labute approximate surface area is 145 Å². The highest BCUT2D eigenvalue weighted by Gasteiger charge is 2.25. The standard InChI is InChI=1S/C13H14Br2N2O2S2/c1-2-17(8-6-10-5-3-4-7-16-10)21(18,19)12-9-11(14)13(15)20-12/h3-5,7,9H,2,6,8H2,1H3. The van der Waals surface area contributed by atoms with E-state index in [1.54, 1.807) is 12.3 Å². The third-order valence-electron chi connectivity index (χ3n) is 2.91. The zero-order valence-corrected chi connectivity index (χ0v) is 16.1. The van der Waals surface area contributed by atoms with Gasteiger partial charge in [0, 0.05) is 35.9 Å². The van der Waals surface area contributed by atoms with Crippen LogP contribution in [0.3, 0.4) is 0 Å². The van der Waals surface area contributed by atoms with Crippen LogP contribution in [-0.4, -0.2) is 30.8 Å². The minimum absolute atomic E-state index is 0.337. The van der Waals surface area contributed by atoms with Gasteiger partial charge in [0.05, 0.1) is 3.79 Å². The monoisotopic (exact) mass is 452 g/mol. The lowest BCUT2D eigenvalue weighted by atomic mass is 10.3. The molecule has 0 radical (unpaired) electrons. The molecule has 4 nitrogen and oxygen atoms in total. The van der Waals surface area contributed by atoms with Gasteiger partial charge in [0.1, 0.15) is 4.21 Å². The molecule has 0 aliphatic carbocycles. The smallest absolute Gasteiger partial charge is 0.252 e. The van der Waals surface area contributed by atoms with Gasteiger partial charge >= 0.3 is 0 Å². The first-order valence-corrected chi connectivity index (χ1v) is 10.1. The third-order valence-corrected chi connectivity index (χ3v) is 8.59. The van der Waals surface area contributed by atoms with Gasteiger partial charge < -0.3 is 0 Å². The van der Waals surface area contributed by atoms with Gasteiger partial charge in [-0.3, -0.25) is 4.98 Å². The molecule has 21 heavy (non-hydrogen) atoms. The molecule has 0 N–H and O–H groups in total. The number of rotatable bonds is 6. The predicted molar refractivity (Wildman–Crippen MR) is 92.1 cm³/mol. The van der Waals surface area contributed by atoms with Crippen molar-refractivity contribution in [3.05, 3.63) is 44.4 Å². The van der Waals surface area contributed by atoms with Crippen LogP contribution in [0.4, 0.5) is 0 Å². The summed E-state index contributed by atoms with van der Waals surface area (Å²) in [5, 5.41) is 0. The first kappa shape index (κ1) is 17.1. The highest BCUT2D eigenvalue weighted by Crippen LogP contribution is 2.36. The Balaban J connectivity index is 2.16. The Morgan fingerprint density at radius 3 is 2.62 bits per heavy atom. The Bertz CT molecular complexity index is 683. The summed E-state index contributed by atoms with van der Waals surface area (Å²) in [6.07, 6.45) is 2.31. The molecule has 0 saturated carbocycles. The summed E-state index contributed by atoms with van der Waals surface area (Å²) in [6.45, 7) is 2.69. The quantitative estimate of drug-likeness (QED) is 0.665. The van der Waals surface area contributed by atoms with Gasteiger partial charge in [-0.1, -0.05) is 13.0 Å². The summed E-state index contributed by atoms with van der Waals surface area (Å²) in [5.74, 6) is 0. The molecule has 0 fully saturated rings. The van der Waals surface area contributed by atoms with Crippen molar-refractivity contribution in [2.75, 3.05) is 13.1 Å². The van der Waals surface area contributed by atoms with E-state index in [4.69, 9.17) is 0 Å². The molecule has 2 rings (SSSR count). The maximum atomic E-state index is 12.6. The number of sulfonamides is 1. The van der Waals surface area contributed by atoms with Crippen molar-refractivity contribution >= 4 is 53.2 Å². The van der Waals surface area contributed by atoms with Crippen LogP contribution in [0.15, 0.2) is 42.9 Å². The summed E-state index contributed by atoms with van der Waals surface area (Å²) < 4.78 is 28.6. The van der Waals surface area contributed by atoms with Crippen molar-refractivity contribution in [3.8, 4) is 0 Å². The van der Waals surface area contributed by atoms with Gasteiger partial charge in [0.2, 0.25) is 0 Å². The first-order chi connectivity index (χ1) is 9.95. The Morgan fingerprint density at radius 1 is 1.33 bits per heavy atom. The van der Waals surface area contributed by atoms with E-state index < -0.39 is 10.0 Å². The number of aromatic nitrogens is 1. The number of halogens is 2. The van der Waals surface area contributed by atoms with Gasteiger partial charge in [0.25, 0.3) is 10.0 Å². The average Bonchev–Trinajstić information content (AvgIpc) is 2.81. The molecule has 2 heterocycles. The van der Waals surface area contributed by atoms with Crippen LogP contribution < -0.4 is 0 Å². The van der Waals surface area contributed by atoms with E-state index in [1.807, 2.05) is 25.1 Å². The molecule has 2 aromatic rings. The number of nitrogens with zero attached hydrogens (tertiary/aromatic N) is 2. The van der Waals surface area contributed by atoms with Crippen LogP contribution >= 0.6 is 43.2 Å². The summed E-state index contributed by atoms with van der Waals surface area (Å²) >= 11 is 7.87. The molecule has 8 heteroatoms. The van der Waals surface area contributed by atoms with Gasteiger partial charge in [-0.05, 0) is 50.1 Å². The number of hydrogen-bond donors (Lipinski definition) is 0. The molecule has 0 spiro atoms. The van der Waals surface area contributed by atoms with Gasteiger partial charge in [-0.2, -0.15) is 4.31 Å². The van der Waals surface area contributed by atoms with E-state index in [-0.39, 0.29) is 0 Å². The van der Waals surface area contributed by atoms with Crippen molar-refractivity contribution < 1.29 is 8.42 Å². The van der Waals surface area contributed by atoms with Gasteiger partial charge in [-0.25, -0.2) is 8.42 Å². The van der Waals surface area contributed by atoms with Crippen LogP contribution in [0.5, 0.6) is 0 Å². The van der Waals surface area contributed by atoms with Gasteiger partial charge in [0.15, 0.2) is 0 Å². The Kier molecular flexibility index (Phi) is 5.96. The normalized spacial score (nSPS) is 12.0. The first-order valence-electron chi connectivity index (χ1n) is 6.30. The van der Waals surface area contributed by atoms with E-state index in [0.29, 0.717) is 23.7 Å². The largest absolute Gasteiger partial charge is 0.261 e. The Morgan fingerprint density at radius 2 is 2.10 bits per heavy atom. The molecule has 0 aliphatic rings. The number of hydrogen-bond acceptors (Lipinski definition) is 4. The summed E-state index contributed by atoms with van der Waals surface area (Å²) in [5.41, 5.74) is 0.889. The zero-order chi connectivity index (χ0) is 15.5. The Hall–Kier alpha value is -0.280. The van der Waals surface area contributed by atoms with Gasteiger partial charge in [-0.15, -0.1) is 11.3 Å². The maximum absolute atomic E-state index is 12.6. The summed E-state index contributed by atoms with van der Waals surface area (Å²) in [7, 11) is -3.46. The van der Waals surface area contributed by atoms with Crippen molar-refractivity contribution in [2.24, 2.45) is 0 Å². The average molecular weight is 454 g/mol. The van der Waals surface area contributed by atoms with Crippen LogP contribution in [-0.2, 0) is 16.4 Å². The molecule has 0 aromatic carbocycles. The maximum Gasteiger partial charge on any atom is 0.252 e. The summed E-state index contributed by atoms with van der Waals surface area (Å²) in [6, 6.07) is 7.28.